The lowest BCUT2D eigenvalue weighted by Crippen LogP contribution is -2.39. The second-order valence-electron chi connectivity index (χ2n) is 7.17. The number of carbonyl (C=O) groups excluding carboxylic acids is 1. The van der Waals surface area contributed by atoms with Gasteiger partial charge in [-0.05, 0) is 55.3 Å². The molecule has 4 rings (SSSR count). The van der Waals surface area contributed by atoms with Crippen LogP contribution in [0.2, 0.25) is 0 Å². The van der Waals surface area contributed by atoms with Crippen LogP contribution in [0.25, 0.3) is 6.08 Å². The number of phenols is 1. The standard InChI is InChI=1S/C24H22N2O5S/c1-4-31-23(29)20-14(2)25-24-26(21(20)16-7-9-17(27)10-8-16)22(28)19(32-24)13-15-5-11-18(30-3)12-6-15/h5-13,21,27H,4H2,1-3H3/b19-13-/t21-/m0/s1. The highest BCUT2D eigenvalue weighted by Gasteiger charge is 2.33. The number of hydrogen-bond acceptors (Lipinski definition) is 7. The van der Waals surface area contributed by atoms with E-state index in [-0.39, 0.29) is 17.9 Å². The summed E-state index contributed by atoms with van der Waals surface area (Å²) >= 11 is 1.26. The van der Waals surface area contributed by atoms with E-state index in [9.17, 15) is 14.7 Å². The Morgan fingerprint density at radius 3 is 2.50 bits per heavy atom. The van der Waals surface area contributed by atoms with E-state index in [4.69, 9.17) is 9.47 Å². The van der Waals surface area contributed by atoms with E-state index in [1.807, 2.05) is 24.3 Å². The fourth-order valence-corrected chi connectivity index (χ4v) is 4.66. The number of allylic oxidation sites excluding steroid dienone is 1. The highest BCUT2D eigenvalue weighted by molar-refractivity contribution is 7.07. The van der Waals surface area contributed by atoms with Crippen molar-refractivity contribution in [2.45, 2.75) is 19.9 Å². The van der Waals surface area contributed by atoms with Gasteiger partial charge in [0.05, 0.1) is 35.6 Å². The van der Waals surface area contributed by atoms with Gasteiger partial charge in [0, 0.05) is 0 Å². The molecule has 0 saturated carbocycles. The van der Waals surface area contributed by atoms with Crippen molar-refractivity contribution in [3.8, 4) is 11.5 Å². The molecule has 1 atom stereocenters. The fraction of sp³-hybridized carbons (Fsp3) is 0.208. The molecule has 1 aromatic heterocycles. The zero-order chi connectivity index (χ0) is 22.8. The van der Waals surface area contributed by atoms with Gasteiger partial charge in [-0.15, -0.1) is 0 Å². The number of thiazole rings is 1. The summed E-state index contributed by atoms with van der Waals surface area (Å²) in [5.41, 5.74) is 2.08. The van der Waals surface area contributed by atoms with Crippen molar-refractivity contribution in [2.24, 2.45) is 4.99 Å². The molecule has 0 aliphatic carbocycles. The van der Waals surface area contributed by atoms with Crippen molar-refractivity contribution in [1.29, 1.82) is 0 Å². The van der Waals surface area contributed by atoms with Gasteiger partial charge < -0.3 is 14.6 Å². The van der Waals surface area contributed by atoms with Gasteiger partial charge in [0.25, 0.3) is 5.56 Å². The predicted molar refractivity (Wildman–Crippen MR) is 121 cm³/mol. The molecule has 0 spiro atoms. The number of carbonyl (C=O) groups is 1. The van der Waals surface area contributed by atoms with E-state index in [0.29, 0.717) is 26.2 Å². The van der Waals surface area contributed by atoms with Crippen molar-refractivity contribution in [1.82, 2.24) is 4.57 Å². The molecule has 2 aromatic carbocycles. The monoisotopic (exact) mass is 450 g/mol. The maximum absolute atomic E-state index is 13.5. The molecule has 0 bridgehead atoms. The van der Waals surface area contributed by atoms with Crippen LogP contribution in [0.5, 0.6) is 11.5 Å². The first-order chi connectivity index (χ1) is 15.4. The van der Waals surface area contributed by atoms with Gasteiger partial charge in [-0.3, -0.25) is 9.36 Å². The van der Waals surface area contributed by atoms with Crippen LogP contribution in [0.1, 0.15) is 31.0 Å². The van der Waals surface area contributed by atoms with E-state index in [1.54, 1.807) is 39.2 Å². The molecular formula is C24H22N2O5S. The summed E-state index contributed by atoms with van der Waals surface area (Å²) in [6, 6.07) is 13.1. The van der Waals surface area contributed by atoms with E-state index in [1.165, 1.54) is 28.0 Å². The lowest BCUT2D eigenvalue weighted by molar-refractivity contribution is -0.139. The Morgan fingerprint density at radius 2 is 1.88 bits per heavy atom. The first-order valence-corrected chi connectivity index (χ1v) is 10.9. The second kappa shape index (κ2) is 8.84. The molecule has 0 radical (unpaired) electrons. The Bertz CT molecular complexity index is 1370. The number of nitrogens with zero attached hydrogens (tertiary/aromatic N) is 2. The summed E-state index contributed by atoms with van der Waals surface area (Å²) < 4.78 is 12.5. The Balaban J connectivity index is 1.92. The van der Waals surface area contributed by atoms with E-state index < -0.39 is 12.0 Å². The topological polar surface area (TPSA) is 90.1 Å². The first-order valence-electron chi connectivity index (χ1n) is 10.1. The third kappa shape index (κ3) is 3.97. The van der Waals surface area contributed by atoms with E-state index in [0.717, 1.165) is 11.3 Å². The van der Waals surface area contributed by atoms with Crippen LogP contribution in [0, 0.1) is 0 Å². The number of ether oxygens (including phenoxy) is 2. The van der Waals surface area contributed by atoms with Crippen molar-refractivity contribution < 1.29 is 19.4 Å². The molecule has 1 aliphatic heterocycles. The zero-order valence-electron chi connectivity index (χ0n) is 17.9. The minimum absolute atomic E-state index is 0.0963. The molecule has 3 aromatic rings. The lowest BCUT2D eigenvalue weighted by Gasteiger charge is -2.24. The van der Waals surface area contributed by atoms with Gasteiger partial charge >= 0.3 is 5.97 Å². The third-order valence-corrected chi connectivity index (χ3v) is 6.12. The quantitative estimate of drug-likeness (QED) is 0.604. The number of fused-ring (bicyclic) bond motifs is 1. The minimum Gasteiger partial charge on any atom is -0.508 e. The molecule has 2 heterocycles. The van der Waals surface area contributed by atoms with Crippen LogP contribution in [0.3, 0.4) is 0 Å². The molecule has 164 valence electrons. The lowest BCUT2D eigenvalue weighted by atomic mass is 9.96. The SMILES string of the molecule is CCOC(=O)C1=C(C)N=c2s/c(=C\c3ccc(OC)cc3)c(=O)n2[C@H]1c1ccc(O)cc1. The summed E-state index contributed by atoms with van der Waals surface area (Å²) in [4.78, 5) is 31.3. The molecule has 1 N–H and O–H groups in total. The van der Waals surface area contributed by atoms with Crippen LogP contribution in [0.15, 0.2) is 69.6 Å². The third-order valence-electron chi connectivity index (χ3n) is 5.14. The average Bonchev–Trinajstić information content (AvgIpc) is 3.08. The van der Waals surface area contributed by atoms with Crippen LogP contribution in [-0.4, -0.2) is 29.4 Å². The van der Waals surface area contributed by atoms with Crippen LogP contribution in [0.4, 0.5) is 0 Å². The fourth-order valence-electron chi connectivity index (χ4n) is 3.62. The Morgan fingerprint density at radius 1 is 1.19 bits per heavy atom. The van der Waals surface area contributed by atoms with Crippen LogP contribution < -0.4 is 19.6 Å². The molecule has 0 saturated heterocycles. The summed E-state index contributed by atoms with van der Waals surface area (Å²) in [6.45, 7) is 3.67. The van der Waals surface area contributed by atoms with Crippen molar-refractivity contribution in [3.63, 3.8) is 0 Å². The molecule has 32 heavy (non-hydrogen) atoms. The summed E-state index contributed by atoms with van der Waals surface area (Å²) in [5, 5.41) is 9.72. The summed E-state index contributed by atoms with van der Waals surface area (Å²) in [6.07, 6.45) is 1.79. The molecule has 0 fully saturated rings. The number of hydrogen-bond donors (Lipinski definition) is 1. The number of methoxy groups -OCH3 is 1. The van der Waals surface area contributed by atoms with E-state index >= 15 is 0 Å². The van der Waals surface area contributed by atoms with Crippen molar-refractivity contribution >= 4 is 23.4 Å². The maximum atomic E-state index is 13.5. The predicted octanol–water partition coefficient (Wildman–Crippen LogP) is 2.51. The number of aromatic hydroxyl groups is 1. The largest absolute Gasteiger partial charge is 0.508 e. The highest BCUT2D eigenvalue weighted by atomic mass is 32.1. The number of aromatic nitrogens is 1. The molecule has 0 amide bonds. The molecule has 7 nitrogen and oxygen atoms in total. The molecular weight excluding hydrogens is 428 g/mol. The van der Waals surface area contributed by atoms with Gasteiger partial charge in [0.1, 0.15) is 11.5 Å². The Kier molecular flexibility index (Phi) is 5.96. The maximum Gasteiger partial charge on any atom is 0.338 e. The van der Waals surface area contributed by atoms with Gasteiger partial charge in [0.2, 0.25) is 0 Å². The number of esters is 1. The minimum atomic E-state index is -0.705. The molecule has 1 aliphatic rings. The van der Waals surface area contributed by atoms with Gasteiger partial charge in [0.15, 0.2) is 4.80 Å². The second-order valence-corrected chi connectivity index (χ2v) is 8.18. The molecule has 8 heteroatoms. The highest BCUT2D eigenvalue weighted by Crippen LogP contribution is 2.31. The van der Waals surface area contributed by atoms with Crippen LogP contribution in [-0.2, 0) is 9.53 Å². The zero-order valence-corrected chi connectivity index (χ0v) is 18.7. The Hall–Kier alpha value is -3.65. The van der Waals surface area contributed by atoms with Gasteiger partial charge in [-0.1, -0.05) is 35.6 Å². The van der Waals surface area contributed by atoms with Crippen molar-refractivity contribution in [3.05, 3.63) is 90.6 Å². The van der Waals surface area contributed by atoms with Crippen LogP contribution >= 0.6 is 11.3 Å². The molecule has 0 unspecified atom stereocenters. The Labute approximate surface area is 188 Å². The smallest absolute Gasteiger partial charge is 0.338 e. The average molecular weight is 451 g/mol. The first kappa shape index (κ1) is 21.6. The number of rotatable bonds is 5. The summed E-state index contributed by atoms with van der Waals surface area (Å²) in [5.74, 6) is 0.306. The normalized spacial score (nSPS) is 15.8. The van der Waals surface area contributed by atoms with Gasteiger partial charge in [-0.25, -0.2) is 9.79 Å². The summed E-state index contributed by atoms with van der Waals surface area (Å²) in [7, 11) is 1.60. The number of benzene rings is 2. The number of phenolic OH excluding ortho intramolecular Hbond substituents is 1. The van der Waals surface area contributed by atoms with E-state index in [2.05, 4.69) is 4.99 Å². The van der Waals surface area contributed by atoms with Crippen molar-refractivity contribution in [2.75, 3.05) is 13.7 Å². The van der Waals surface area contributed by atoms with Gasteiger partial charge in [-0.2, -0.15) is 0 Å².